The molecule has 0 bridgehead atoms. The lowest BCUT2D eigenvalue weighted by molar-refractivity contribution is -0.115. The van der Waals surface area contributed by atoms with Crippen LogP contribution in [0.1, 0.15) is 15.9 Å². The van der Waals surface area contributed by atoms with Crippen LogP contribution in [0.5, 0.6) is 0 Å². The molecule has 1 aromatic rings. The minimum atomic E-state index is -0.840. The fourth-order valence-corrected chi connectivity index (χ4v) is 1.01. The third kappa shape index (κ3) is 3.76. The highest BCUT2D eigenvalue weighted by Crippen LogP contribution is 2.03. The first-order chi connectivity index (χ1) is 8.17. The Balaban J connectivity index is 2.66. The van der Waals surface area contributed by atoms with Crippen molar-refractivity contribution in [1.29, 1.82) is 5.26 Å². The van der Waals surface area contributed by atoms with Crippen LogP contribution in [0.2, 0.25) is 0 Å². The number of nitrogens with one attached hydrogen (secondary N) is 1. The lowest BCUT2D eigenvalue weighted by Gasteiger charge is -1.98. The number of ether oxygens (including phenoxy) is 1. The Morgan fingerprint density at radius 1 is 1.41 bits per heavy atom. The molecular weight excluding hydrogens is 222 g/mol. The smallest absolute Gasteiger partial charge is 0.342 e. The number of benzene rings is 1. The maximum Gasteiger partial charge on any atom is 0.342 e. The maximum atomic E-state index is 11.1. The monoisotopic (exact) mass is 231 g/mol. The molecule has 0 radical (unpaired) electrons. The SMILES string of the molecule is COC(=O)c1ccc(C=NNC(=O)C#N)cc1. The number of carbonyl (C=O) groups is 2. The molecule has 0 aliphatic heterocycles. The number of methoxy groups -OCH3 is 1. The van der Waals surface area contributed by atoms with E-state index in [2.05, 4.69) is 9.84 Å². The zero-order valence-electron chi connectivity index (χ0n) is 9.01. The first kappa shape index (κ1) is 12.4. The number of esters is 1. The molecule has 1 N–H and O–H groups in total. The molecule has 1 aromatic carbocycles. The molecule has 0 aliphatic rings. The number of nitrogens with zero attached hydrogens (tertiary/aromatic N) is 2. The van der Waals surface area contributed by atoms with Crippen molar-refractivity contribution in [3.05, 3.63) is 35.4 Å². The summed E-state index contributed by atoms with van der Waals surface area (Å²) in [6.45, 7) is 0. The Morgan fingerprint density at radius 3 is 2.59 bits per heavy atom. The van der Waals surface area contributed by atoms with Crippen LogP contribution in [-0.2, 0) is 9.53 Å². The first-order valence-corrected chi connectivity index (χ1v) is 4.59. The Kier molecular flexibility index (Phi) is 4.39. The molecule has 0 fully saturated rings. The zero-order valence-corrected chi connectivity index (χ0v) is 9.01. The standard InChI is InChI=1S/C11H9N3O3/c1-17-11(16)9-4-2-8(3-5-9)7-13-14-10(15)6-12/h2-5,7H,1H3,(H,14,15). The van der Waals surface area contributed by atoms with Crippen LogP contribution >= 0.6 is 0 Å². The molecule has 0 unspecified atom stereocenters. The lowest BCUT2D eigenvalue weighted by Crippen LogP contribution is -2.14. The molecular formula is C11H9N3O3. The summed E-state index contributed by atoms with van der Waals surface area (Å²) in [5.41, 5.74) is 3.11. The van der Waals surface area contributed by atoms with Crippen molar-refractivity contribution < 1.29 is 14.3 Å². The molecule has 0 saturated heterocycles. The van der Waals surface area contributed by atoms with Crippen molar-refractivity contribution in [2.24, 2.45) is 5.10 Å². The summed E-state index contributed by atoms with van der Waals surface area (Å²) in [5.74, 6) is -1.27. The number of rotatable bonds is 3. The van der Waals surface area contributed by atoms with Crippen molar-refractivity contribution >= 4 is 18.1 Å². The van der Waals surface area contributed by atoms with Gasteiger partial charge < -0.3 is 4.74 Å². The number of carbonyl (C=O) groups excluding carboxylic acids is 2. The highest BCUT2D eigenvalue weighted by molar-refractivity contribution is 5.92. The fraction of sp³-hybridized carbons (Fsp3) is 0.0909. The van der Waals surface area contributed by atoms with Gasteiger partial charge in [-0.25, -0.2) is 10.2 Å². The van der Waals surface area contributed by atoms with E-state index in [1.165, 1.54) is 19.4 Å². The average Bonchev–Trinajstić information content (AvgIpc) is 2.38. The summed E-state index contributed by atoms with van der Waals surface area (Å²) < 4.78 is 4.54. The Bertz CT molecular complexity index is 486. The van der Waals surface area contributed by atoms with Crippen LogP contribution in [0, 0.1) is 11.3 Å². The number of hydrogen-bond donors (Lipinski definition) is 1. The summed E-state index contributed by atoms with van der Waals surface area (Å²) in [6.07, 6.45) is 1.36. The van der Waals surface area contributed by atoms with Gasteiger partial charge in [-0.15, -0.1) is 0 Å². The maximum absolute atomic E-state index is 11.1. The van der Waals surface area contributed by atoms with E-state index in [0.717, 1.165) is 0 Å². The van der Waals surface area contributed by atoms with E-state index >= 15 is 0 Å². The predicted molar refractivity (Wildman–Crippen MR) is 59.1 cm³/mol. The van der Waals surface area contributed by atoms with Crippen LogP contribution < -0.4 is 5.43 Å². The molecule has 0 aromatic heterocycles. The van der Waals surface area contributed by atoms with Crippen LogP contribution in [0.15, 0.2) is 29.4 Å². The van der Waals surface area contributed by atoms with Gasteiger partial charge in [0.25, 0.3) is 0 Å². The number of nitriles is 1. The zero-order chi connectivity index (χ0) is 12.7. The van der Waals surface area contributed by atoms with E-state index < -0.39 is 11.9 Å². The quantitative estimate of drug-likeness (QED) is 0.354. The van der Waals surface area contributed by atoms with E-state index in [-0.39, 0.29) is 0 Å². The van der Waals surface area contributed by atoms with Crippen molar-refractivity contribution in [2.45, 2.75) is 0 Å². The molecule has 1 rings (SSSR count). The summed E-state index contributed by atoms with van der Waals surface area (Å²) in [5, 5.41) is 11.7. The normalized spacial score (nSPS) is 9.65. The van der Waals surface area contributed by atoms with Crippen molar-refractivity contribution in [3.63, 3.8) is 0 Å². The van der Waals surface area contributed by atoms with Gasteiger partial charge in [-0.05, 0) is 17.7 Å². The van der Waals surface area contributed by atoms with Gasteiger partial charge in [0.05, 0.1) is 18.9 Å². The first-order valence-electron chi connectivity index (χ1n) is 4.59. The second-order valence-corrected chi connectivity index (χ2v) is 2.92. The minimum absolute atomic E-state index is 0.422. The summed E-state index contributed by atoms with van der Waals surface area (Å²) in [4.78, 5) is 21.7. The third-order valence-electron chi connectivity index (χ3n) is 1.81. The number of hydrazone groups is 1. The van der Waals surface area contributed by atoms with E-state index in [9.17, 15) is 9.59 Å². The van der Waals surface area contributed by atoms with Crippen molar-refractivity contribution in [2.75, 3.05) is 7.11 Å². The van der Waals surface area contributed by atoms with Crippen molar-refractivity contribution in [1.82, 2.24) is 5.43 Å². The largest absolute Gasteiger partial charge is 0.465 e. The third-order valence-corrected chi connectivity index (χ3v) is 1.81. The van der Waals surface area contributed by atoms with E-state index in [1.54, 1.807) is 24.3 Å². The second-order valence-electron chi connectivity index (χ2n) is 2.92. The molecule has 0 spiro atoms. The van der Waals surface area contributed by atoms with Gasteiger partial charge in [-0.1, -0.05) is 12.1 Å². The number of hydrogen-bond acceptors (Lipinski definition) is 5. The van der Waals surface area contributed by atoms with Crippen LogP contribution in [0.25, 0.3) is 0 Å². The summed E-state index contributed by atoms with van der Waals surface area (Å²) in [6, 6.07) is 7.76. The van der Waals surface area contributed by atoms with E-state index in [4.69, 9.17) is 5.26 Å². The number of amides is 1. The van der Waals surface area contributed by atoms with Gasteiger partial charge in [0.2, 0.25) is 0 Å². The topological polar surface area (TPSA) is 91.5 Å². The predicted octanol–water partition coefficient (Wildman–Crippen LogP) is 0.447. The van der Waals surface area contributed by atoms with E-state index in [0.29, 0.717) is 11.1 Å². The second kappa shape index (κ2) is 6.02. The molecule has 0 atom stereocenters. The molecule has 0 heterocycles. The average molecular weight is 231 g/mol. The molecule has 17 heavy (non-hydrogen) atoms. The molecule has 6 nitrogen and oxygen atoms in total. The Labute approximate surface area is 97.5 Å². The van der Waals surface area contributed by atoms with Crippen LogP contribution in [-0.4, -0.2) is 25.2 Å². The molecule has 0 saturated carbocycles. The van der Waals surface area contributed by atoms with Gasteiger partial charge in [-0.3, -0.25) is 4.79 Å². The van der Waals surface area contributed by atoms with Crippen molar-refractivity contribution in [3.8, 4) is 6.07 Å². The minimum Gasteiger partial charge on any atom is -0.465 e. The Hall–Kier alpha value is -2.68. The lowest BCUT2D eigenvalue weighted by atomic mass is 10.1. The molecule has 1 amide bonds. The van der Waals surface area contributed by atoms with Crippen LogP contribution in [0.4, 0.5) is 0 Å². The fourth-order valence-electron chi connectivity index (χ4n) is 1.01. The van der Waals surface area contributed by atoms with Crippen LogP contribution in [0.3, 0.4) is 0 Å². The highest BCUT2D eigenvalue weighted by atomic mass is 16.5. The Morgan fingerprint density at radius 2 is 2.06 bits per heavy atom. The molecule has 86 valence electrons. The van der Waals surface area contributed by atoms with E-state index in [1.807, 2.05) is 5.43 Å². The van der Waals surface area contributed by atoms with Gasteiger partial charge in [-0.2, -0.15) is 10.4 Å². The molecule has 0 aliphatic carbocycles. The summed E-state index contributed by atoms with van der Waals surface area (Å²) >= 11 is 0. The van der Waals surface area contributed by atoms with Gasteiger partial charge in [0.1, 0.15) is 0 Å². The summed E-state index contributed by atoms with van der Waals surface area (Å²) in [7, 11) is 1.30. The van der Waals surface area contributed by atoms with Gasteiger partial charge in [0.15, 0.2) is 6.07 Å². The highest BCUT2D eigenvalue weighted by Gasteiger charge is 2.03. The molecule has 6 heteroatoms. The van der Waals surface area contributed by atoms with Gasteiger partial charge >= 0.3 is 11.9 Å². The van der Waals surface area contributed by atoms with Gasteiger partial charge in [0, 0.05) is 0 Å².